The molecule has 21 heavy (non-hydrogen) atoms. The lowest BCUT2D eigenvalue weighted by atomic mass is 10.1. The van der Waals surface area contributed by atoms with Crippen LogP contribution in [0.25, 0.3) is 0 Å². The normalized spacial score (nSPS) is 11.7. The van der Waals surface area contributed by atoms with Crippen molar-refractivity contribution in [2.45, 2.75) is 13.5 Å². The number of nitrogens with one attached hydrogen (secondary N) is 1. The van der Waals surface area contributed by atoms with Gasteiger partial charge in [-0.3, -0.25) is 4.99 Å². The van der Waals surface area contributed by atoms with Gasteiger partial charge in [0.05, 0.1) is 5.75 Å². The van der Waals surface area contributed by atoms with Crippen LogP contribution in [-0.4, -0.2) is 51.9 Å². The number of sulfone groups is 1. The third-order valence-corrected chi connectivity index (χ3v) is 3.82. The van der Waals surface area contributed by atoms with Crippen LogP contribution in [0.5, 0.6) is 0 Å². The molecule has 0 aliphatic rings. The Bertz CT molecular complexity index is 556. The van der Waals surface area contributed by atoms with Crippen molar-refractivity contribution in [3.05, 3.63) is 35.4 Å². The smallest absolute Gasteiger partial charge is 0.193 e. The second kappa shape index (κ2) is 9.24. The molecule has 0 bridgehead atoms. The van der Waals surface area contributed by atoms with Crippen LogP contribution < -0.4 is 5.32 Å². The number of aliphatic imine (C=N–C) groups is 1. The van der Waals surface area contributed by atoms with E-state index < -0.39 is 9.84 Å². The molecule has 0 radical (unpaired) electrons. The molecule has 0 saturated carbocycles. The van der Waals surface area contributed by atoms with Crippen molar-refractivity contribution in [3.8, 4) is 0 Å². The van der Waals surface area contributed by atoms with E-state index in [1.54, 1.807) is 7.05 Å². The van der Waals surface area contributed by atoms with Gasteiger partial charge in [-0.05, 0) is 12.5 Å². The molecule has 1 aromatic rings. The molecule has 1 aromatic carbocycles. The molecular weight excluding hydrogens is 401 g/mol. The summed E-state index contributed by atoms with van der Waals surface area (Å²) in [7, 11) is 0.662. The van der Waals surface area contributed by atoms with E-state index in [0.717, 1.165) is 6.54 Å². The summed E-state index contributed by atoms with van der Waals surface area (Å²) in [6.45, 7) is 3.14. The predicted molar refractivity (Wildman–Crippen MR) is 99.1 cm³/mol. The Morgan fingerprint density at radius 3 is 2.33 bits per heavy atom. The Labute approximate surface area is 144 Å². The Hall–Kier alpha value is -0.830. The van der Waals surface area contributed by atoms with Gasteiger partial charge in [-0.15, -0.1) is 24.0 Å². The topological polar surface area (TPSA) is 61.8 Å². The van der Waals surface area contributed by atoms with Crippen molar-refractivity contribution >= 4 is 39.8 Å². The molecule has 0 saturated heterocycles. The molecule has 5 nitrogen and oxygen atoms in total. The quantitative estimate of drug-likeness (QED) is 0.443. The number of nitrogens with zero attached hydrogens (tertiary/aromatic N) is 2. The fourth-order valence-corrected chi connectivity index (χ4v) is 2.25. The molecule has 0 spiro atoms. The maximum absolute atomic E-state index is 11.1. The van der Waals surface area contributed by atoms with Gasteiger partial charge in [-0.1, -0.05) is 29.8 Å². The molecule has 0 aromatic heterocycles. The molecule has 0 amide bonds. The summed E-state index contributed by atoms with van der Waals surface area (Å²) in [5, 5.41) is 3.05. The second-order valence-electron chi connectivity index (χ2n) is 4.95. The molecule has 1 rings (SSSR count). The summed E-state index contributed by atoms with van der Waals surface area (Å²) in [5.74, 6) is 0.791. The monoisotopic (exact) mass is 425 g/mol. The van der Waals surface area contributed by atoms with E-state index >= 15 is 0 Å². The average Bonchev–Trinajstić information content (AvgIpc) is 2.36. The van der Waals surface area contributed by atoms with Crippen LogP contribution in [0.4, 0.5) is 0 Å². The lowest BCUT2D eigenvalue weighted by Gasteiger charge is -2.22. The lowest BCUT2D eigenvalue weighted by molar-refractivity contribution is 0.478. The van der Waals surface area contributed by atoms with E-state index in [1.807, 2.05) is 11.9 Å². The fraction of sp³-hybridized carbons (Fsp3) is 0.500. The number of hydrogen-bond donors (Lipinski definition) is 1. The highest BCUT2D eigenvalue weighted by molar-refractivity contribution is 14.0. The zero-order chi connectivity index (χ0) is 15.2. The summed E-state index contributed by atoms with van der Waals surface area (Å²) in [6.07, 6.45) is 1.23. The standard InChI is InChI=1S/C14H23N3O2S.HI/c1-12-5-7-13(8-6-12)11-17(3)14(15-2)16-9-10-20(4,18)19;/h5-8H,9-11H2,1-4H3,(H,15,16);1H. The van der Waals surface area contributed by atoms with E-state index in [9.17, 15) is 8.42 Å². The molecule has 0 unspecified atom stereocenters. The first-order valence-electron chi connectivity index (χ1n) is 6.47. The van der Waals surface area contributed by atoms with Crippen LogP contribution in [0.15, 0.2) is 29.3 Å². The van der Waals surface area contributed by atoms with Crippen molar-refractivity contribution in [3.63, 3.8) is 0 Å². The molecule has 0 aliphatic carbocycles. The zero-order valence-electron chi connectivity index (χ0n) is 13.0. The predicted octanol–water partition coefficient (Wildman–Crippen LogP) is 1.66. The zero-order valence-corrected chi connectivity index (χ0v) is 16.1. The van der Waals surface area contributed by atoms with Crippen molar-refractivity contribution < 1.29 is 8.42 Å². The van der Waals surface area contributed by atoms with Crippen LogP contribution in [0.2, 0.25) is 0 Å². The molecule has 120 valence electrons. The minimum atomic E-state index is -2.95. The van der Waals surface area contributed by atoms with E-state index in [0.29, 0.717) is 12.5 Å². The fourth-order valence-electron chi connectivity index (χ4n) is 1.78. The molecular formula is C14H24IN3O2S. The van der Waals surface area contributed by atoms with E-state index in [1.165, 1.54) is 17.4 Å². The first-order valence-corrected chi connectivity index (χ1v) is 8.53. The minimum Gasteiger partial charge on any atom is -0.355 e. The first-order chi connectivity index (χ1) is 9.31. The van der Waals surface area contributed by atoms with Crippen molar-refractivity contribution in [1.82, 2.24) is 10.2 Å². The van der Waals surface area contributed by atoms with Crippen LogP contribution >= 0.6 is 24.0 Å². The van der Waals surface area contributed by atoms with Gasteiger partial charge in [0.25, 0.3) is 0 Å². The Kier molecular flexibility index (Phi) is 8.88. The first kappa shape index (κ1) is 20.2. The summed E-state index contributed by atoms with van der Waals surface area (Å²) in [6, 6.07) is 8.30. The van der Waals surface area contributed by atoms with Gasteiger partial charge >= 0.3 is 0 Å². The van der Waals surface area contributed by atoms with Crippen LogP contribution in [0, 0.1) is 6.92 Å². The van der Waals surface area contributed by atoms with Gasteiger partial charge in [0, 0.05) is 33.4 Å². The number of hydrogen-bond acceptors (Lipinski definition) is 3. The van der Waals surface area contributed by atoms with Gasteiger partial charge in [-0.25, -0.2) is 8.42 Å². The van der Waals surface area contributed by atoms with Gasteiger partial charge in [0.2, 0.25) is 0 Å². The summed E-state index contributed by atoms with van der Waals surface area (Å²) in [5.41, 5.74) is 2.41. The van der Waals surface area contributed by atoms with Crippen molar-refractivity contribution in [1.29, 1.82) is 0 Å². The molecule has 0 fully saturated rings. The number of halogens is 1. The van der Waals surface area contributed by atoms with Gasteiger partial charge < -0.3 is 10.2 Å². The van der Waals surface area contributed by atoms with Gasteiger partial charge in [0.15, 0.2) is 5.96 Å². The maximum Gasteiger partial charge on any atom is 0.193 e. The average molecular weight is 425 g/mol. The lowest BCUT2D eigenvalue weighted by Crippen LogP contribution is -2.40. The van der Waals surface area contributed by atoms with E-state index in [-0.39, 0.29) is 29.7 Å². The van der Waals surface area contributed by atoms with Crippen LogP contribution in [-0.2, 0) is 16.4 Å². The highest BCUT2D eigenvalue weighted by Gasteiger charge is 2.08. The highest BCUT2D eigenvalue weighted by Crippen LogP contribution is 2.05. The number of guanidine groups is 1. The molecule has 0 atom stereocenters. The molecule has 1 N–H and O–H groups in total. The van der Waals surface area contributed by atoms with Crippen molar-refractivity contribution in [2.24, 2.45) is 4.99 Å². The summed E-state index contributed by atoms with van der Waals surface area (Å²) < 4.78 is 22.2. The largest absolute Gasteiger partial charge is 0.355 e. The van der Waals surface area contributed by atoms with E-state index in [4.69, 9.17) is 0 Å². The summed E-state index contributed by atoms with van der Waals surface area (Å²) in [4.78, 5) is 6.12. The highest BCUT2D eigenvalue weighted by atomic mass is 127. The number of rotatable bonds is 5. The van der Waals surface area contributed by atoms with Crippen LogP contribution in [0.1, 0.15) is 11.1 Å². The van der Waals surface area contributed by atoms with E-state index in [2.05, 4.69) is 41.5 Å². The Morgan fingerprint density at radius 1 is 1.29 bits per heavy atom. The number of aryl methyl sites for hydroxylation is 1. The van der Waals surface area contributed by atoms with Crippen LogP contribution in [0.3, 0.4) is 0 Å². The van der Waals surface area contributed by atoms with Crippen molar-refractivity contribution in [2.75, 3.05) is 32.6 Å². The third-order valence-electron chi connectivity index (χ3n) is 2.87. The Morgan fingerprint density at radius 2 is 1.86 bits per heavy atom. The number of benzene rings is 1. The summed E-state index contributed by atoms with van der Waals surface area (Å²) >= 11 is 0. The third kappa shape index (κ3) is 8.25. The van der Waals surface area contributed by atoms with Gasteiger partial charge in [-0.2, -0.15) is 0 Å². The minimum absolute atomic E-state index is 0. The molecule has 0 heterocycles. The molecule has 0 aliphatic heterocycles. The SMILES string of the molecule is CN=C(NCCS(C)(=O)=O)N(C)Cc1ccc(C)cc1.I. The Balaban J connectivity index is 0.00000400. The maximum atomic E-state index is 11.1. The van der Waals surface area contributed by atoms with Gasteiger partial charge in [0.1, 0.15) is 9.84 Å². The second-order valence-corrected chi connectivity index (χ2v) is 7.21. The molecule has 7 heteroatoms.